The summed E-state index contributed by atoms with van der Waals surface area (Å²) >= 11 is 5.81. The third-order valence-electron chi connectivity index (χ3n) is 2.92. The van der Waals surface area contributed by atoms with Crippen LogP contribution in [0.3, 0.4) is 0 Å². The predicted octanol–water partition coefficient (Wildman–Crippen LogP) is 5.92. The number of allylic oxidation sites excluding steroid dienone is 1. The molecular formula is C16H12ClF3. The van der Waals surface area contributed by atoms with Gasteiger partial charge in [-0.2, -0.15) is 13.2 Å². The Kier molecular flexibility index (Phi) is 4.19. The van der Waals surface area contributed by atoms with Crippen molar-refractivity contribution in [2.75, 3.05) is 0 Å². The van der Waals surface area contributed by atoms with Gasteiger partial charge in [0.15, 0.2) is 0 Å². The van der Waals surface area contributed by atoms with Gasteiger partial charge in [0.25, 0.3) is 0 Å². The zero-order chi connectivity index (χ0) is 14.8. The monoisotopic (exact) mass is 296 g/mol. The third-order valence-corrected chi connectivity index (χ3v) is 3.17. The summed E-state index contributed by atoms with van der Waals surface area (Å²) in [6.45, 7) is 1.90. The van der Waals surface area contributed by atoms with Gasteiger partial charge in [-0.25, -0.2) is 0 Å². The van der Waals surface area contributed by atoms with E-state index in [2.05, 4.69) is 0 Å². The molecule has 2 aromatic rings. The summed E-state index contributed by atoms with van der Waals surface area (Å²) in [5, 5.41) is 0.649. The summed E-state index contributed by atoms with van der Waals surface area (Å²) in [6, 6.07) is 12.4. The first kappa shape index (κ1) is 14.7. The van der Waals surface area contributed by atoms with Gasteiger partial charge in [0, 0.05) is 5.02 Å². The SMILES string of the molecule is C/C(=C\c1ccc(C(F)(F)F)cc1)c1ccc(Cl)cc1. The van der Waals surface area contributed by atoms with Crippen molar-refractivity contribution in [2.45, 2.75) is 13.1 Å². The molecule has 0 spiro atoms. The van der Waals surface area contributed by atoms with E-state index >= 15 is 0 Å². The molecule has 2 rings (SSSR count). The van der Waals surface area contributed by atoms with Gasteiger partial charge in [-0.15, -0.1) is 0 Å². The number of hydrogen-bond donors (Lipinski definition) is 0. The Labute approximate surface area is 120 Å². The zero-order valence-corrected chi connectivity index (χ0v) is 11.5. The van der Waals surface area contributed by atoms with Crippen molar-refractivity contribution >= 4 is 23.3 Å². The second kappa shape index (κ2) is 5.71. The summed E-state index contributed by atoms with van der Waals surface area (Å²) < 4.78 is 37.4. The van der Waals surface area contributed by atoms with Crippen LogP contribution in [0.5, 0.6) is 0 Å². The lowest BCUT2D eigenvalue weighted by Crippen LogP contribution is -2.03. The van der Waals surface area contributed by atoms with E-state index < -0.39 is 11.7 Å². The summed E-state index contributed by atoms with van der Waals surface area (Å²) in [5.41, 5.74) is 2.03. The molecule has 0 saturated heterocycles. The molecule has 0 N–H and O–H groups in total. The molecule has 0 aliphatic carbocycles. The molecule has 0 radical (unpaired) electrons. The van der Waals surface area contributed by atoms with E-state index in [1.165, 1.54) is 12.1 Å². The molecule has 0 nitrogen and oxygen atoms in total. The van der Waals surface area contributed by atoms with E-state index in [9.17, 15) is 13.2 Å². The summed E-state index contributed by atoms with van der Waals surface area (Å²) in [7, 11) is 0. The highest BCUT2D eigenvalue weighted by Gasteiger charge is 2.29. The largest absolute Gasteiger partial charge is 0.416 e. The Morgan fingerprint density at radius 1 is 0.950 bits per heavy atom. The Morgan fingerprint density at radius 3 is 2.00 bits per heavy atom. The van der Waals surface area contributed by atoms with Crippen LogP contribution < -0.4 is 0 Å². The minimum Gasteiger partial charge on any atom is -0.166 e. The molecule has 104 valence electrons. The van der Waals surface area contributed by atoms with E-state index in [1.54, 1.807) is 12.1 Å². The standard InChI is InChI=1S/C16H12ClF3/c1-11(13-4-8-15(17)9-5-13)10-12-2-6-14(7-3-12)16(18,19)20/h2-10H,1H3/b11-10+. The van der Waals surface area contributed by atoms with Gasteiger partial charge >= 0.3 is 6.18 Å². The summed E-state index contributed by atoms with van der Waals surface area (Å²) in [5.74, 6) is 0. The van der Waals surface area contributed by atoms with Crippen LogP contribution in [0.1, 0.15) is 23.6 Å². The molecule has 0 heterocycles. The second-order valence-corrected chi connectivity index (χ2v) is 4.89. The van der Waals surface area contributed by atoms with E-state index in [0.717, 1.165) is 28.8 Å². The van der Waals surface area contributed by atoms with Crippen molar-refractivity contribution in [3.8, 4) is 0 Å². The molecule has 4 heteroatoms. The highest BCUT2D eigenvalue weighted by molar-refractivity contribution is 6.30. The molecule has 0 bridgehead atoms. The number of benzene rings is 2. The third kappa shape index (κ3) is 3.64. The predicted molar refractivity (Wildman–Crippen MR) is 76.4 cm³/mol. The van der Waals surface area contributed by atoms with E-state index in [-0.39, 0.29) is 0 Å². The summed E-state index contributed by atoms with van der Waals surface area (Å²) in [4.78, 5) is 0. The topological polar surface area (TPSA) is 0 Å². The van der Waals surface area contributed by atoms with Gasteiger partial charge in [0.1, 0.15) is 0 Å². The molecule has 0 aromatic heterocycles. The van der Waals surface area contributed by atoms with Crippen LogP contribution in [-0.2, 0) is 6.18 Å². The Hall–Kier alpha value is -1.74. The van der Waals surface area contributed by atoms with Crippen LogP contribution >= 0.6 is 11.6 Å². The van der Waals surface area contributed by atoms with Crippen LogP contribution in [0.15, 0.2) is 48.5 Å². The minimum atomic E-state index is -4.30. The first-order valence-electron chi connectivity index (χ1n) is 5.98. The fourth-order valence-corrected chi connectivity index (χ4v) is 1.94. The maximum Gasteiger partial charge on any atom is 0.416 e. The van der Waals surface area contributed by atoms with Crippen LogP contribution in [0.2, 0.25) is 5.02 Å². The van der Waals surface area contributed by atoms with Gasteiger partial charge in [0.2, 0.25) is 0 Å². The molecule has 2 aromatic carbocycles. The van der Waals surface area contributed by atoms with Crippen molar-refractivity contribution in [1.82, 2.24) is 0 Å². The fourth-order valence-electron chi connectivity index (χ4n) is 1.81. The van der Waals surface area contributed by atoms with Gasteiger partial charge in [-0.1, -0.05) is 41.9 Å². The van der Waals surface area contributed by atoms with Crippen molar-refractivity contribution in [2.24, 2.45) is 0 Å². The number of rotatable bonds is 2. The van der Waals surface area contributed by atoms with Crippen molar-refractivity contribution < 1.29 is 13.2 Å². The molecule has 0 aliphatic heterocycles. The lowest BCUT2D eigenvalue weighted by Gasteiger charge is -2.07. The Bertz CT molecular complexity index is 608. The quantitative estimate of drug-likeness (QED) is 0.603. The molecular weight excluding hydrogens is 285 g/mol. The molecule has 0 atom stereocenters. The Balaban J connectivity index is 2.24. The lowest BCUT2D eigenvalue weighted by molar-refractivity contribution is -0.137. The maximum atomic E-state index is 12.5. The fraction of sp³-hybridized carbons (Fsp3) is 0.125. The zero-order valence-electron chi connectivity index (χ0n) is 10.7. The number of halogens is 4. The smallest absolute Gasteiger partial charge is 0.166 e. The maximum absolute atomic E-state index is 12.5. The molecule has 0 aliphatic rings. The first-order chi connectivity index (χ1) is 9.36. The first-order valence-corrected chi connectivity index (χ1v) is 6.35. The molecule has 0 saturated carbocycles. The molecule has 0 fully saturated rings. The van der Waals surface area contributed by atoms with Crippen LogP contribution in [0.4, 0.5) is 13.2 Å². The molecule has 0 unspecified atom stereocenters. The lowest BCUT2D eigenvalue weighted by atomic mass is 10.0. The number of hydrogen-bond acceptors (Lipinski definition) is 0. The van der Waals surface area contributed by atoms with Crippen LogP contribution in [-0.4, -0.2) is 0 Å². The van der Waals surface area contributed by atoms with E-state index in [0.29, 0.717) is 5.02 Å². The second-order valence-electron chi connectivity index (χ2n) is 4.45. The van der Waals surface area contributed by atoms with E-state index in [1.807, 2.05) is 25.1 Å². The normalized spacial score (nSPS) is 12.6. The minimum absolute atomic E-state index is 0.640. The van der Waals surface area contributed by atoms with E-state index in [4.69, 9.17) is 11.6 Å². The number of alkyl halides is 3. The van der Waals surface area contributed by atoms with Crippen LogP contribution in [0.25, 0.3) is 11.6 Å². The van der Waals surface area contributed by atoms with Gasteiger partial charge in [-0.05, 0) is 47.9 Å². The highest BCUT2D eigenvalue weighted by Crippen LogP contribution is 2.29. The van der Waals surface area contributed by atoms with Crippen molar-refractivity contribution in [3.63, 3.8) is 0 Å². The Morgan fingerprint density at radius 2 is 1.50 bits per heavy atom. The molecule has 0 amide bonds. The van der Waals surface area contributed by atoms with Gasteiger partial charge in [-0.3, -0.25) is 0 Å². The van der Waals surface area contributed by atoms with Crippen molar-refractivity contribution in [1.29, 1.82) is 0 Å². The molecule has 20 heavy (non-hydrogen) atoms. The van der Waals surface area contributed by atoms with Crippen molar-refractivity contribution in [3.05, 3.63) is 70.2 Å². The van der Waals surface area contributed by atoms with Crippen LogP contribution in [0, 0.1) is 0 Å². The van der Waals surface area contributed by atoms with Gasteiger partial charge < -0.3 is 0 Å². The average molecular weight is 297 g/mol. The highest BCUT2D eigenvalue weighted by atomic mass is 35.5. The summed E-state index contributed by atoms with van der Waals surface area (Å²) in [6.07, 6.45) is -2.46. The van der Waals surface area contributed by atoms with Gasteiger partial charge in [0.05, 0.1) is 5.56 Å². The average Bonchev–Trinajstić information content (AvgIpc) is 2.39.